The van der Waals surface area contributed by atoms with Crippen molar-refractivity contribution in [2.75, 3.05) is 5.32 Å². The van der Waals surface area contributed by atoms with E-state index in [1.807, 2.05) is 11.3 Å². The molecule has 0 saturated heterocycles. The Labute approximate surface area is 110 Å². The average molecular weight is 268 g/mol. The minimum Gasteiger partial charge on any atom is -0.348 e. The number of anilines is 1. The molecule has 0 bridgehead atoms. The van der Waals surface area contributed by atoms with Gasteiger partial charge in [0.25, 0.3) is 0 Å². The Morgan fingerprint density at radius 3 is 2.47 bits per heavy atom. The lowest BCUT2D eigenvalue weighted by Crippen LogP contribution is -2.09. The maximum absolute atomic E-state index is 5.74. The first-order valence-corrected chi connectivity index (χ1v) is 6.56. The molecule has 5 heteroatoms. The van der Waals surface area contributed by atoms with Crippen LogP contribution < -0.4 is 5.32 Å². The molecule has 0 aliphatic rings. The minimum atomic E-state index is 0.195. The molecule has 1 unspecified atom stereocenters. The SMILES string of the molecule is Cc1cc(C(C)Nc2ncc(Cl)cn2)c(C)s1. The van der Waals surface area contributed by atoms with Gasteiger partial charge >= 0.3 is 0 Å². The van der Waals surface area contributed by atoms with E-state index in [1.165, 1.54) is 15.3 Å². The summed E-state index contributed by atoms with van der Waals surface area (Å²) < 4.78 is 0. The largest absolute Gasteiger partial charge is 0.348 e. The molecule has 0 saturated carbocycles. The molecular weight excluding hydrogens is 254 g/mol. The van der Waals surface area contributed by atoms with Gasteiger partial charge in [-0.1, -0.05) is 11.6 Å². The smallest absolute Gasteiger partial charge is 0.223 e. The molecule has 0 fully saturated rings. The first-order valence-electron chi connectivity index (χ1n) is 5.37. The summed E-state index contributed by atoms with van der Waals surface area (Å²) in [6.45, 7) is 6.35. The molecule has 17 heavy (non-hydrogen) atoms. The highest BCUT2D eigenvalue weighted by atomic mass is 35.5. The van der Waals surface area contributed by atoms with Crippen LogP contribution in [-0.4, -0.2) is 9.97 Å². The van der Waals surface area contributed by atoms with E-state index in [9.17, 15) is 0 Å². The zero-order valence-electron chi connectivity index (χ0n) is 9.99. The maximum Gasteiger partial charge on any atom is 0.223 e. The van der Waals surface area contributed by atoms with Crippen LogP contribution in [0.4, 0.5) is 5.95 Å². The highest BCUT2D eigenvalue weighted by Gasteiger charge is 2.11. The van der Waals surface area contributed by atoms with Crippen molar-refractivity contribution in [3.8, 4) is 0 Å². The standard InChI is InChI=1S/C12H14ClN3S/c1-7-4-11(9(3)17-7)8(2)16-12-14-5-10(13)6-15-12/h4-6,8H,1-3H3,(H,14,15,16). The van der Waals surface area contributed by atoms with Crippen LogP contribution in [0.3, 0.4) is 0 Å². The molecule has 0 aromatic carbocycles. The van der Waals surface area contributed by atoms with Crippen molar-refractivity contribution < 1.29 is 0 Å². The molecule has 0 radical (unpaired) electrons. The molecule has 90 valence electrons. The van der Waals surface area contributed by atoms with Crippen molar-refractivity contribution >= 4 is 28.9 Å². The molecule has 1 atom stereocenters. The lowest BCUT2D eigenvalue weighted by molar-refractivity contribution is 0.858. The lowest BCUT2D eigenvalue weighted by Gasteiger charge is -2.13. The normalized spacial score (nSPS) is 12.5. The summed E-state index contributed by atoms with van der Waals surface area (Å²) in [6.07, 6.45) is 3.19. The van der Waals surface area contributed by atoms with Gasteiger partial charge in [-0.3, -0.25) is 0 Å². The average Bonchev–Trinajstić information content (AvgIpc) is 2.61. The van der Waals surface area contributed by atoms with Gasteiger partial charge in [0.15, 0.2) is 0 Å². The predicted octanol–water partition coefficient (Wildman–Crippen LogP) is 3.98. The van der Waals surface area contributed by atoms with Gasteiger partial charge in [-0.25, -0.2) is 9.97 Å². The molecule has 2 aromatic heterocycles. The van der Waals surface area contributed by atoms with Crippen molar-refractivity contribution in [3.05, 3.63) is 38.8 Å². The number of hydrogen-bond acceptors (Lipinski definition) is 4. The molecule has 0 spiro atoms. The van der Waals surface area contributed by atoms with Gasteiger partial charge < -0.3 is 5.32 Å². The minimum absolute atomic E-state index is 0.195. The fourth-order valence-corrected chi connectivity index (χ4v) is 2.86. The van der Waals surface area contributed by atoms with E-state index in [0.29, 0.717) is 11.0 Å². The number of halogens is 1. The number of nitrogens with one attached hydrogen (secondary N) is 1. The number of hydrogen-bond donors (Lipinski definition) is 1. The van der Waals surface area contributed by atoms with Crippen molar-refractivity contribution in [1.29, 1.82) is 0 Å². The Hall–Kier alpha value is -1.13. The van der Waals surface area contributed by atoms with Crippen molar-refractivity contribution in [1.82, 2.24) is 9.97 Å². The quantitative estimate of drug-likeness (QED) is 0.914. The third-order valence-corrected chi connectivity index (χ3v) is 3.69. The van der Waals surface area contributed by atoms with Crippen LogP contribution in [0.15, 0.2) is 18.5 Å². The molecule has 2 rings (SSSR count). The van der Waals surface area contributed by atoms with Gasteiger partial charge in [-0.2, -0.15) is 0 Å². The van der Waals surface area contributed by atoms with Crippen LogP contribution in [0, 0.1) is 13.8 Å². The van der Waals surface area contributed by atoms with Gasteiger partial charge in [0.05, 0.1) is 23.5 Å². The zero-order valence-corrected chi connectivity index (χ0v) is 11.6. The third-order valence-electron chi connectivity index (χ3n) is 2.51. The summed E-state index contributed by atoms with van der Waals surface area (Å²) in [5.74, 6) is 0.602. The van der Waals surface area contributed by atoms with Crippen molar-refractivity contribution in [3.63, 3.8) is 0 Å². The summed E-state index contributed by atoms with van der Waals surface area (Å²) in [4.78, 5) is 10.9. The second kappa shape index (κ2) is 5.02. The number of aryl methyl sites for hydroxylation is 2. The van der Waals surface area contributed by atoms with Crippen LogP contribution in [0.2, 0.25) is 5.02 Å². The molecule has 1 N–H and O–H groups in total. The Bertz CT molecular complexity index is 507. The van der Waals surface area contributed by atoms with Crippen molar-refractivity contribution in [2.24, 2.45) is 0 Å². The Balaban J connectivity index is 2.14. The van der Waals surface area contributed by atoms with E-state index < -0.39 is 0 Å². The fourth-order valence-electron chi connectivity index (χ4n) is 1.74. The van der Waals surface area contributed by atoms with Crippen LogP contribution >= 0.6 is 22.9 Å². The molecule has 0 amide bonds. The summed E-state index contributed by atoms with van der Waals surface area (Å²) in [5, 5.41) is 3.81. The Morgan fingerprint density at radius 2 is 1.94 bits per heavy atom. The fraction of sp³-hybridized carbons (Fsp3) is 0.333. The van der Waals surface area contributed by atoms with Gasteiger partial charge in [-0.05, 0) is 32.4 Å². The lowest BCUT2D eigenvalue weighted by atomic mass is 10.1. The summed E-state index contributed by atoms with van der Waals surface area (Å²) in [7, 11) is 0. The number of nitrogens with zero attached hydrogens (tertiary/aromatic N) is 2. The van der Waals surface area contributed by atoms with Crippen LogP contribution in [0.1, 0.15) is 28.3 Å². The first kappa shape index (κ1) is 12.3. The van der Waals surface area contributed by atoms with Gasteiger partial charge in [0.1, 0.15) is 0 Å². The van der Waals surface area contributed by atoms with Crippen LogP contribution in [-0.2, 0) is 0 Å². The highest BCUT2D eigenvalue weighted by molar-refractivity contribution is 7.12. The second-order valence-electron chi connectivity index (χ2n) is 3.96. The number of thiophene rings is 1. The maximum atomic E-state index is 5.74. The molecule has 2 aromatic rings. The topological polar surface area (TPSA) is 37.8 Å². The van der Waals surface area contributed by atoms with E-state index in [-0.39, 0.29) is 6.04 Å². The second-order valence-corrected chi connectivity index (χ2v) is 5.86. The van der Waals surface area contributed by atoms with Crippen molar-refractivity contribution in [2.45, 2.75) is 26.8 Å². The molecule has 3 nitrogen and oxygen atoms in total. The van der Waals surface area contributed by atoms with Crippen LogP contribution in [0.5, 0.6) is 0 Å². The number of aromatic nitrogens is 2. The molecule has 0 aliphatic carbocycles. The highest BCUT2D eigenvalue weighted by Crippen LogP contribution is 2.27. The predicted molar refractivity (Wildman–Crippen MR) is 72.9 cm³/mol. The Kier molecular flexibility index (Phi) is 3.64. The van der Waals surface area contributed by atoms with E-state index >= 15 is 0 Å². The van der Waals surface area contributed by atoms with E-state index in [1.54, 1.807) is 12.4 Å². The monoisotopic (exact) mass is 267 g/mol. The van der Waals surface area contributed by atoms with E-state index in [4.69, 9.17) is 11.6 Å². The van der Waals surface area contributed by atoms with E-state index in [2.05, 4.69) is 42.1 Å². The van der Waals surface area contributed by atoms with Crippen LogP contribution in [0.25, 0.3) is 0 Å². The Morgan fingerprint density at radius 1 is 1.29 bits per heavy atom. The third kappa shape index (κ3) is 2.96. The van der Waals surface area contributed by atoms with E-state index in [0.717, 1.165) is 0 Å². The molecule has 2 heterocycles. The van der Waals surface area contributed by atoms with Gasteiger partial charge in [0, 0.05) is 9.75 Å². The molecular formula is C12H14ClN3S. The molecule has 0 aliphatic heterocycles. The number of rotatable bonds is 3. The summed E-state index contributed by atoms with van der Waals surface area (Å²) >= 11 is 7.55. The summed E-state index contributed by atoms with van der Waals surface area (Å²) in [5.41, 5.74) is 1.30. The first-order chi connectivity index (χ1) is 8.06. The van der Waals surface area contributed by atoms with Gasteiger partial charge in [0.2, 0.25) is 5.95 Å². The zero-order chi connectivity index (χ0) is 12.4. The van der Waals surface area contributed by atoms with Gasteiger partial charge in [-0.15, -0.1) is 11.3 Å². The summed E-state index contributed by atoms with van der Waals surface area (Å²) in [6, 6.07) is 2.40.